The van der Waals surface area contributed by atoms with Crippen molar-refractivity contribution in [3.05, 3.63) is 12.7 Å². The van der Waals surface area contributed by atoms with Gasteiger partial charge in [0.05, 0.1) is 19.8 Å². The van der Waals surface area contributed by atoms with Crippen LogP contribution in [0.2, 0.25) is 0 Å². The fourth-order valence-corrected chi connectivity index (χ4v) is 3.09. The normalized spacial score (nSPS) is 27.7. The minimum atomic E-state index is -0.743. The highest BCUT2D eigenvalue weighted by Crippen LogP contribution is 2.43. The third-order valence-corrected chi connectivity index (χ3v) is 4.26. The predicted octanol–water partition coefficient (Wildman–Crippen LogP) is 2.77. The molecule has 1 fully saturated rings. The Morgan fingerprint density at radius 1 is 1.35 bits per heavy atom. The second-order valence-corrected chi connectivity index (χ2v) is 7.12. The van der Waals surface area contributed by atoms with Gasteiger partial charge >= 0.3 is 12.1 Å². The van der Waals surface area contributed by atoms with Crippen molar-refractivity contribution in [2.45, 2.75) is 58.3 Å². The molecule has 6 heteroatoms. The fourth-order valence-electron chi connectivity index (χ4n) is 3.09. The van der Waals surface area contributed by atoms with Crippen molar-refractivity contribution >= 4 is 12.1 Å². The number of allylic oxidation sites excluding steroid dienone is 1. The molecule has 0 aliphatic carbocycles. The van der Waals surface area contributed by atoms with Crippen LogP contribution in [0.5, 0.6) is 0 Å². The van der Waals surface area contributed by atoms with Gasteiger partial charge in [-0.25, -0.2) is 9.59 Å². The van der Waals surface area contributed by atoms with Gasteiger partial charge < -0.3 is 14.2 Å². The molecule has 1 rings (SSSR count). The highest BCUT2D eigenvalue weighted by atomic mass is 16.6. The molecule has 6 nitrogen and oxygen atoms in total. The minimum absolute atomic E-state index is 0.279. The maximum atomic E-state index is 12.5. The third kappa shape index (κ3) is 4.25. The van der Waals surface area contributed by atoms with Crippen LogP contribution in [0.15, 0.2) is 12.7 Å². The van der Waals surface area contributed by atoms with Crippen LogP contribution >= 0.6 is 0 Å². The van der Waals surface area contributed by atoms with E-state index in [-0.39, 0.29) is 6.10 Å². The molecule has 0 aromatic rings. The molecule has 0 saturated carbocycles. The van der Waals surface area contributed by atoms with Gasteiger partial charge in [0, 0.05) is 12.5 Å². The molecule has 1 aliphatic heterocycles. The Balaban J connectivity index is 3.17. The summed E-state index contributed by atoms with van der Waals surface area (Å²) in [6.45, 7) is 11.3. The standard InChI is InChI=1S/C17H29NO5/c1-8-9-10-17(5)12(21-6)11-18(13(17)14(19)22-7)15(20)23-16(2,3)4/h8,12-13H,1,9-11H2,2-7H3/t12-,13+,17+/m0/s1. The van der Waals surface area contributed by atoms with E-state index >= 15 is 0 Å². The first-order chi connectivity index (χ1) is 10.6. The summed E-state index contributed by atoms with van der Waals surface area (Å²) in [5.74, 6) is -0.457. The number of nitrogens with zero attached hydrogens (tertiary/aromatic N) is 1. The Bertz CT molecular complexity index is 456. The number of ether oxygens (including phenoxy) is 3. The molecule has 0 aromatic carbocycles. The summed E-state index contributed by atoms with van der Waals surface area (Å²) in [4.78, 5) is 26.3. The Morgan fingerprint density at radius 3 is 2.39 bits per heavy atom. The maximum Gasteiger partial charge on any atom is 0.411 e. The molecule has 23 heavy (non-hydrogen) atoms. The second kappa shape index (κ2) is 7.34. The highest BCUT2D eigenvalue weighted by molar-refractivity contribution is 5.83. The number of hydrogen-bond donors (Lipinski definition) is 0. The lowest BCUT2D eigenvalue weighted by molar-refractivity contribution is -0.150. The molecule has 0 spiro atoms. The molecule has 0 bridgehead atoms. The molecule has 1 saturated heterocycles. The lowest BCUT2D eigenvalue weighted by Gasteiger charge is -2.35. The van der Waals surface area contributed by atoms with E-state index in [2.05, 4.69) is 6.58 Å². The summed E-state index contributed by atoms with van der Waals surface area (Å²) in [5, 5.41) is 0. The largest absolute Gasteiger partial charge is 0.467 e. The summed E-state index contributed by atoms with van der Waals surface area (Å²) in [7, 11) is 2.91. The number of esters is 1. The van der Waals surface area contributed by atoms with Crippen molar-refractivity contribution in [3.8, 4) is 0 Å². The van der Waals surface area contributed by atoms with Crippen LogP contribution in [0.3, 0.4) is 0 Å². The first-order valence-corrected chi connectivity index (χ1v) is 7.82. The molecule has 1 aliphatic rings. The van der Waals surface area contributed by atoms with Crippen molar-refractivity contribution in [2.24, 2.45) is 5.41 Å². The average Bonchev–Trinajstić information content (AvgIpc) is 2.75. The van der Waals surface area contributed by atoms with Crippen molar-refractivity contribution in [1.82, 2.24) is 4.90 Å². The van der Waals surface area contributed by atoms with Crippen LogP contribution in [0.1, 0.15) is 40.5 Å². The molecular weight excluding hydrogens is 298 g/mol. The van der Waals surface area contributed by atoms with E-state index in [0.717, 1.165) is 0 Å². The molecule has 0 radical (unpaired) electrons. The van der Waals surface area contributed by atoms with Crippen LogP contribution < -0.4 is 0 Å². The Kier molecular flexibility index (Phi) is 6.22. The second-order valence-electron chi connectivity index (χ2n) is 7.12. The molecule has 1 heterocycles. The van der Waals surface area contributed by atoms with Gasteiger partial charge in [0.25, 0.3) is 0 Å². The van der Waals surface area contributed by atoms with E-state index in [4.69, 9.17) is 14.2 Å². The zero-order chi connectivity index (χ0) is 17.8. The first kappa shape index (κ1) is 19.5. The smallest absolute Gasteiger partial charge is 0.411 e. The lowest BCUT2D eigenvalue weighted by Crippen LogP contribution is -2.50. The van der Waals surface area contributed by atoms with Gasteiger partial charge in [0.1, 0.15) is 11.6 Å². The van der Waals surface area contributed by atoms with Gasteiger partial charge in [-0.1, -0.05) is 13.0 Å². The summed E-state index contributed by atoms with van der Waals surface area (Å²) in [5.41, 5.74) is -1.20. The average molecular weight is 327 g/mol. The Morgan fingerprint density at radius 2 is 1.96 bits per heavy atom. The van der Waals surface area contributed by atoms with E-state index in [1.54, 1.807) is 34.0 Å². The van der Waals surface area contributed by atoms with Crippen molar-refractivity contribution in [2.75, 3.05) is 20.8 Å². The van der Waals surface area contributed by atoms with E-state index in [0.29, 0.717) is 19.4 Å². The van der Waals surface area contributed by atoms with E-state index in [1.165, 1.54) is 12.0 Å². The topological polar surface area (TPSA) is 65.1 Å². The third-order valence-electron chi connectivity index (χ3n) is 4.26. The lowest BCUT2D eigenvalue weighted by atomic mass is 9.76. The number of likely N-dealkylation sites (tertiary alicyclic amines) is 1. The molecule has 132 valence electrons. The zero-order valence-electron chi connectivity index (χ0n) is 15.0. The summed E-state index contributed by atoms with van der Waals surface area (Å²) >= 11 is 0. The molecule has 0 aromatic heterocycles. The van der Waals surface area contributed by atoms with Crippen LogP contribution in [-0.2, 0) is 19.0 Å². The van der Waals surface area contributed by atoms with Crippen molar-refractivity contribution in [1.29, 1.82) is 0 Å². The molecule has 1 amide bonds. The van der Waals surface area contributed by atoms with Crippen LogP contribution in [0.25, 0.3) is 0 Å². The van der Waals surface area contributed by atoms with Gasteiger partial charge in [0.15, 0.2) is 0 Å². The van der Waals surface area contributed by atoms with Crippen LogP contribution in [-0.4, -0.2) is 55.5 Å². The van der Waals surface area contributed by atoms with Gasteiger partial charge in [-0.2, -0.15) is 0 Å². The fraction of sp³-hybridized carbons (Fsp3) is 0.765. The molecule has 0 unspecified atom stereocenters. The maximum absolute atomic E-state index is 12.5. The zero-order valence-corrected chi connectivity index (χ0v) is 15.0. The number of carbonyl (C=O) groups excluding carboxylic acids is 2. The Hall–Kier alpha value is -1.56. The van der Waals surface area contributed by atoms with E-state index in [1.807, 2.05) is 6.92 Å². The number of rotatable bonds is 5. The summed E-state index contributed by atoms with van der Waals surface area (Å²) in [6.07, 6.45) is 2.36. The van der Waals surface area contributed by atoms with Crippen molar-refractivity contribution < 1.29 is 23.8 Å². The number of carbonyl (C=O) groups is 2. The Labute approximate surface area is 138 Å². The predicted molar refractivity (Wildman–Crippen MR) is 87.1 cm³/mol. The van der Waals surface area contributed by atoms with Crippen molar-refractivity contribution in [3.63, 3.8) is 0 Å². The summed E-state index contributed by atoms with van der Waals surface area (Å²) < 4.78 is 16.0. The monoisotopic (exact) mass is 327 g/mol. The quantitative estimate of drug-likeness (QED) is 0.574. The molecule has 3 atom stereocenters. The molecule has 0 N–H and O–H groups in total. The number of amides is 1. The number of hydrogen-bond acceptors (Lipinski definition) is 5. The SMILES string of the molecule is C=CCC[C@]1(C)[C@@H](OC)CN(C(=O)OC(C)(C)C)[C@@H]1C(=O)OC. The van der Waals surface area contributed by atoms with E-state index in [9.17, 15) is 9.59 Å². The van der Waals surface area contributed by atoms with Gasteiger partial charge in [0.2, 0.25) is 0 Å². The van der Waals surface area contributed by atoms with Gasteiger partial charge in [-0.3, -0.25) is 4.90 Å². The highest BCUT2D eigenvalue weighted by Gasteiger charge is 2.57. The molecular formula is C17H29NO5. The first-order valence-electron chi connectivity index (χ1n) is 7.82. The van der Waals surface area contributed by atoms with Crippen LogP contribution in [0, 0.1) is 5.41 Å². The van der Waals surface area contributed by atoms with E-state index < -0.39 is 29.1 Å². The van der Waals surface area contributed by atoms with Crippen LogP contribution in [0.4, 0.5) is 4.79 Å². The van der Waals surface area contributed by atoms with Gasteiger partial charge in [-0.05, 0) is 33.6 Å². The van der Waals surface area contributed by atoms with Gasteiger partial charge in [-0.15, -0.1) is 6.58 Å². The number of methoxy groups -OCH3 is 2. The summed E-state index contributed by atoms with van der Waals surface area (Å²) in [6, 6.07) is -0.743. The minimum Gasteiger partial charge on any atom is -0.467 e.